The summed E-state index contributed by atoms with van der Waals surface area (Å²) >= 11 is 6.50. The summed E-state index contributed by atoms with van der Waals surface area (Å²) in [5, 5.41) is 5.38. The zero-order chi connectivity index (χ0) is 30.5. The fourth-order valence-electron chi connectivity index (χ4n) is 4.96. The predicted molar refractivity (Wildman–Crippen MR) is 169 cm³/mol. The summed E-state index contributed by atoms with van der Waals surface area (Å²) in [6.45, 7) is 10.7. The maximum atomic E-state index is 13.7. The average Bonchev–Trinajstić information content (AvgIpc) is 3.00. The Morgan fingerprint density at radius 3 is 2.58 bits per heavy atom. The Morgan fingerprint density at radius 1 is 1.09 bits per heavy atom. The molecule has 10 heteroatoms. The highest BCUT2D eigenvalue weighted by Gasteiger charge is 2.20. The summed E-state index contributed by atoms with van der Waals surface area (Å²) in [6.07, 6.45) is 1.56. The minimum absolute atomic E-state index is 0.117. The first kappa shape index (κ1) is 30.3. The minimum Gasteiger partial charge on any atom is -0.494 e. The number of ether oxygens (including phenoxy) is 3. The lowest BCUT2D eigenvalue weighted by atomic mass is 9.96. The van der Waals surface area contributed by atoms with Gasteiger partial charge in [-0.25, -0.2) is 4.98 Å². The molecule has 1 amide bonds. The van der Waals surface area contributed by atoms with Crippen molar-refractivity contribution >= 4 is 34.6 Å². The van der Waals surface area contributed by atoms with E-state index in [9.17, 15) is 9.59 Å². The summed E-state index contributed by atoms with van der Waals surface area (Å²) in [7, 11) is 0. The zero-order valence-electron chi connectivity index (χ0n) is 24.8. The Morgan fingerprint density at radius 2 is 1.86 bits per heavy atom. The number of aryl methyl sites for hydroxylation is 1. The van der Waals surface area contributed by atoms with Crippen LogP contribution < -0.4 is 15.0 Å². The van der Waals surface area contributed by atoms with Gasteiger partial charge in [0.25, 0.3) is 11.5 Å². The van der Waals surface area contributed by atoms with Gasteiger partial charge < -0.3 is 19.1 Å². The molecule has 1 aliphatic rings. The van der Waals surface area contributed by atoms with Crippen molar-refractivity contribution in [3.63, 3.8) is 0 Å². The van der Waals surface area contributed by atoms with Gasteiger partial charge in [0.1, 0.15) is 11.5 Å². The average molecular weight is 603 g/mol. The number of hydrogen-bond donors (Lipinski definition) is 0. The molecule has 224 valence electrons. The number of rotatable bonds is 9. The van der Waals surface area contributed by atoms with E-state index < -0.39 is 0 Å². The lowest BCUT2D eigenvalue weighted by molar-refractivity contribution is -0.137. The highest BCUT2D eigenvalue weighted by atomic mass is 35.5. The van der Waals surface area contributed by atoms with E-state index in [1.54, 1.807) is 41.4 Å². The van der Waals surface area contributed by atoms with Gasteiger partial charge in [0.05, 0.1) is 42.0 Å². The van der Waals surface area contributed by atoms with E-state index in [4.69, 9.17) is 30.8 Å². The van der Waals surface area contributed by atoms with Crippen LogP contribution in [0.15, 0.2) is 64.5 Å². The lowest BCUT2D eigenvalue weighted by Gasteiger charge is -2.26. The van der Waals surface area contributed by atoms with E-state index in [1.165, 1.54) is 4.68 Å². The number of carbonyl (C=O) groups is 1. The maximum Gasteiger partial charge on any atom is 0.282 e. The summed E-state index contributed by atoms with van der Waals surface area (Å²) in [5.41, 5.74) is 3.67. The second kappa shape index (κ2) is 13.4. The van der Waals surface area contributed by atoms with Crippen LogP contribution in [-0.2, 0) is 9.53 Å². The van der Waals surface area contributed by atoms with Gasteiger partial charge in [-0.3, -0.25) is 9.59 Å². The number of aromatic nitrogens is 2. The molecule has 43 heavy (non-hydrogen) atoms. The molecule has 1 aromatic heterocycles. The van der Waals surface area contributed by atoms with Gasteiger partial charge in [-0.05, 0) is 78.9 Å². The van der Waals surface area contributed by atoms with Crippen molar-refractivity contribution in [3.05, 3.63) is 86.7 Å². The van der Waals surface area contributed by atoms with Gasteiger partial charge in [0, 0.05) is 18.7 Å². The van der Waals surface area contributed by atoms with E-state index >= 15 is 0 Å². The maximum absolute atomic E-state index is 13.7. The molecule has 2 heterocycles. The molecule has 3 aromatic carbocycles. The first-order valence-electron chi connectivity index (χ1n) is 14.4. The van der Waals surface area contributed by atoms with E-state index in [0.29, 0.717) is 66.0 Å². The second-order valence-electron chi connectivity index (χ2n) is 10.6. The lowest BCUT2D eigenvalue weighted by Crippen LogP contribution is -2.43. The Labute approximate surface area is 255 Å². The topological polar surface area (TPSA) is 95.2 Å². The third-order valence-corrected chi connectivity index (χ3v) is 7.56. The number of fused-ring (bicyclic) bond motifs is 1. The Bertz CT molecular complexity index is 1730. The van der Waals surface area contributed by atoms with Crippen LogP contribution in [0, 0.1) is 6.92 Å². The fourth-order valence-corrected chi connectivity index (χ4v) is 5.20. The Balaban J connectivity index is 1.49. The first-order valence-corrected chi connectivity index (χ1v) is 14.8. The number of amides is 1. The van der Waals surface area contributed by atoms with Gasteiger partial charge in [-0.1, -0.05) is 37.6 Å². The molecular formula is C33H35ClN4O5. The number of morpholine rings is 1. The van der Waals surface area contributed by atoms with Gasteiger partial charge in [0.2, 0.25) is 0 Å². The molecule has 0 radical (unpaired) electrons. The molecule has 5 rings (SSSR count). The highest BCUT2D eigenvalue weighted by molar-refractivity contribution is 6.32. The van der Waals surface area contributed by atoms with Gasteiger partial charge in [0.15, 0.2) is 12.4 Å². The van der Waals surface area contributed by atoms with Crippen LogP contribution in [0.5, 0.6) is 11.5 Å². The van der Waals surface area contributed by atoms with Crippen molar-refractivity contribution in [2.75, 3.05) is 39.5 Å². The van der Waals surface area contributed by atoms with Crippen LogP contribution in [0.2, 0.25) is 5.02 Å². The smallest absolute Gasteiger partial charge is 0.282 e. The molecule has 0 N–H and O–H groups in total. The van der Waals surface area contributed by atoms with Crippen LogP contribution in [0.3, 0.4) is 0 Å². The third kappa shape index (κ3) is 6.73. The monoisotopic (exact) mass is 602 g/mol. The van der Waals surface area contributed by atoms with E-state index in [2.05, 4.69) is 18.9 Å². The molecular weight excluding hydrogens is 568 g/mol. The van der Waals surface area contributed by atoms with Crippen molar-refractivity contribution in [1.29, 1.82) is 0 Å². The summed E-state index contributed by atoms with van der Waals surface area (Å²) in [6, 6.07) is 16.4. The fraction of sp³-hybridized carbons (Fsp3) is 0.333. The number of halogens is 1. The van der Waals surface area contributed by atoms with E-state index in [-0.39, 0.29) is 24.0 Å². The molecule has 0 atom stereocenters. The van der Waals surface area contributed by atoms with Gasteiger partial charge in [-0.15, -0.1) is 0 Å². The van der Waals surface area contributed by atoms with Crippen molar-refractivity contribution in [3.8, 4) is 22.9 Å². The summed E-state index contributed by atoms with van der Waals surface area (Å²) in [4.78, 5) is 32.8. The van der Waals surface area contributed by atoms with Crippen molar-refractivity contribution in [2.24, 2.45) is 5.10 Å². The zero-order valence-corrected chi connectivity index (χ0v) is 25.6. The number of nitrogens with zero attached hydrogens (tertiary/aromatic N) is 4. The number of hydrogen-bond acceptors (Lipinski definition) is 7. The molecule has 0 aliphatic carbocycles. The number of benzene rings is 3. The standard InChI is InChI=1S/C33H35ClN4O5/c1-5-42-30-16-22(4)26(18-25(30)21(2)3)32-36-28-9-7-6-8-24(28)33(40)38(32)35-19-23-10-11-29(27(34)17-23)43-20-31(39)37-12-14-41-15-13-37/h6-11,16-19,21H,5,12-15,20H2,1-4H3. The molecule has 0 saturated carbocycles. The SMILES string of the molecule is CCOc1cc(C)c(-c2nc3ccccc3c(=O)n2N=Cc2ccc(OCC(=O)N3CCOCC3)c(Cl)c2)cc1C(C)C. The first-order chi connectivity index (χ1) is 20.8. The van der Waals surface area contributed by atoms with E-state index in [0.717, 1.165) is 22.4 Å². The van der Waals surface area contributed by atoms with Crippen LogP contribution >= 0.6 is 11.6 Å². The molecule has 0 bridgehead atoms. The van der Waals surface area contributed by atoms with Crippen LogP contribution in [0.25, 0.3) is 22.3 Å². The van der Waals surface area contributed by atoms with Crippen LogP contribution in [0.1, 0.15) is 43.4 Å². The highest BCUT2D eigenvalue weighted by Crippen LogP contribution is 2.34. The van der Waals surface area contributed by atoms with Crippen molar-refractivity contribution in [1.82, 2.24) is 14.6 Å². The van der Waals surface area contributed by atoms with Crippen molar-refractivity contribution in [2.45, 2.75) is 33.6 Å². The number of carbonyl (C=O) groups excluding carboxylic acids is 1. The van der Waals surface area contributed by atoms with Gasteiger partial charge >= 0.3 is 0 Å². The molecule has 1 saturated heterocycles. The Hall–Kier alpha value is -4.21. The summed E-state index contributed by atoms with van der Waals surface area (Å²) < 4.78 is 18.2. The predicted octanol–water partition coefficient (Wildman–Crippen LogP) is 5.67. The van der Waals surface area contributed by atoms with Gasteiger partial charge in [-0.2, -0.15) is 9.78 Å². The molecule has 0 unspecified atom stereocenters. The molecule has 9 nitrogen and oxygen atoms in total. The van der Waals surface area contributed by atoms with Crippen molar-refractivity contribution < 1.29 is 19.0 Å². The van der Waals surface area contributed by atoms with Crippen LogP contribution in [-0.4, -0.2) is 66.2 Å². The Kier molecular flexibility index (Phi) is 9.43. The summed E-state index contributed by atoms with van der Waals surface area (Å²) in [5.74, 6) is 1.70. The molecule has 0 spiro atoms. The largest absolute Gasteiger partial charge is 0.494 e. The minimum atomic E-state index is -0.288. The molecule has 4 aromatic rings. The number of para-hydroxylation sites is 1. The normalized spacial score (nSPS) is 13.7. The third-order valence-electron chi connectivity index (χ3n) is 7.27. The molecule has 1 aliphatic heterocycles. The van der Waals surface area contributed by atoms with Crippen LogP contribution in [0.4, 0.5) is 0 Å². The second-order valence-corrected chi connectivity index (χ2v) is 11.0. The molecule has 1 fully saturated rings. The quantitative estimate of drug-likeness (QED) is 0.229. The van der Waals surface area contributed by atoms with E-state index in [1.807, 2.05) is 38.1 Å².